The van der Waals surface area contributed by atoms with E-state index in [4.69, 9.17) is 10.3 Å². The molecule has 23 heavy (non-hydrogen) atoms. The molecule has 6 nitrogen and oxygen atoms in total. The van der Waals surface area contributed by atoms with Crippen molar-refractivity contribution in [3.63, 3.8) is 0 Å². The molecular weight excluding hydrogens is 314 g/mol. The molecule has 0 bridgehead atoms. The molecule has 0 unspecified atom stereocenters. The standard InChI is InChI=1S/C9H11N3.C7H8O3S/c10-8-3-1-2-7(6-8)9-11-4-5-12-9;1-6-2-4-7(5-3-6)11(8,9)10/h1-3,6H,4-5,10H2,(H,11,12);2-5H,1H3,(H,8,9,10). The number of aryl methyl sites for hydroxylation is 1. The van der Waals surface area contributed by atoms with Gasteiger partial charge in [-0.1, -0.05) is 29.8 Å². The van der Waals surface area contributed by atoms with E-state index in [2.05, 4.69) is 10.3 Å². The Balaban J connectivity index is 0.000000168. The minimum absolute atomic E-state index is 0.0666. The summed E-state index contributed by atoms with van der Waals surface area (Å²) in [4.78, 5) is 4.23. The molecule has 0 fully saturated rings. The van der Waals surface area contributed by atoms with Crippen LogP contribution in [0.3, 0.4) is 0 Å². The molecule has 0 radical (unpaired) electrons. The number of anilines is 1. The monoisotopic (exact) mass is 333 g/mol. The molecule has 1 aliphatic heterocycles. The van der Waals surface area contributed by atoms with Crippen LogP contribution < -0.4 is 11.1 Å². The van der Waals surface area contributed by atoms with Crippen LogP contribution in [0.5, 0.6) is 0 Å². The number of rotatable bonds is 2. The third kappa shape index (κ3) is 5.08. The highest BCUT2D eigenvalue weighted by Gasteiger charge is 2.07. The lowest BCUT2D eigenvalue weighted by Gasteiger charge is -2.02. The first kappa shape index (κ1) is 17.0. The van der Waals surface area contributed by atoms with E-state index in [-0.39, 0.29) is 4.90 Å². The Kier molecular flexibility index (Phi) is 5.36. The zero-order chi connectivity index (χ0) is 16.9. The lowest BCUT2D eigenvalue weighted by molar-refractivity contribution is 0.483. The number of nitrogens with zero attached hydrogens (tertiary/aromatic N) is 1. The fourth-order valence-electron chi connectivity index (χ4n) is 1.99. The van der Waals surface area contributed by atoms with Gasteiger partial charge in [0.2, 0.25) is 0 Å². The number of nitrogen functional groups attached to an aromatic ring is 1. The molecule has 0 aromatic heterocycles. The van der Waals surface area contributed by atoms with Gasteiger partial charge in [-0.3, -0.25) is 9.55 Å². The zero-order valence-corrected chi connectivity index (χ0v) is 13.5. The lowest BCUT2D eigenvalue weighted by Crippen LogP contribution is -2.19. The van der Waals surface area contributed by atoms with Crippen molar-refractivity contribution in [1.82, 2.24) is 5.32 Å². The predicted octanol–water partition coefficient (Wildman–Crippen LogP) is 1.86. The summed E-state index contributed by atoms with van der Waals surface area (Å²) in [6.07, 6.45) is 0. The molecular formula is C16H19N3O3S. The first-order valence-corrected chi connectivity index (χ1v) is 8.48. The van der Waals surface area contributed by atoms with Crippen molar-refractivity contribution in [2.45, 2.75) is 11.8 Å². The lowest BCUT2D eigenvalue weighted by atomic mass is 10.2. The van der Waals surface area contributed by atoms with Gasteiger partial charge in [-0.2, -0.15) is 8.42 Å². The van der Waals surface area contributed by atoms with Crippen molar-refractivity contribution < 1.29 is 13.0 Å². The summed E-state index contributed by atoms with van der Waals surface area (Å²) in [5, 5.41) is 3.19. The molecule has 7 heteroatoms. The quantitative estimate of drug-likeness (QED) is 0.575. The largest absolute Gasteiger partial charge is 0.399 e. The molecule has 0 spiro atoms. The van der Waals surface area contributed by atoms with Crippen LogP contribution in [0.1, 0.15) is 11.1 Å². The Morgan fingerprint density at radius 2 is 1.87 bits per heavy atom. The summed E-state index contributed by atoms with van der Waals surface area (Å²) in [5.41, 5.74) is 8.46. The summed E-state index contributed by atoms with van der Waals surface area (Å²) >= 11 is 0. The Labute approximate surface area is 135 Å². The van der Waals surface area contributed by atoms with Gasteiger partial charge in [-0.05, 0) is 31.2 Å². The first-order valence-electron chi connectivity index (χ1n) is 7.04. The van der Waals surface area contributed by atoms with Crippen molar-refractivity contribution in [1.29, 1.82) is 0 Å². The van der Waals surface area contributed by atoms with Crippen LogP contribution in [-0.4, -0.2) is 31.9 Å². The molecule has 2 aromatic rings. The highest BCUT2D eigenvalue weighted by atomic mass is 32.2. The molecule has 2 aromatic carbocycles. The van der Waals surface area contributed by atoms with E-state index in [9.17, 15) is 8.42 Å². The van der Waals surface area contributed by atoms with E-state index in [1.54, 1.807) is 12.1 Å². The smallest absolute Gasteiger partial charge is 0.294 e. The highest BCUT2D eigenvalue weighted by Crippen LogP contribution is 2.09. The zero-order valence-electron chi connectivity index (χ0n) is 12.7. The van der Waals surface area contributed by atoms with Crippen molar-refractivity contribution >= 4 is 21.6 Å². The summed E-state index contributed by atoms with van der Waals surface area (Å²) in [5.74, 6) is 0.960. The van der Waals surface area contributed by atoms with Gasteiger partial charge in [0.1, 0.15) is 5.84 Å². The maximum atomic E-state index is 10.5. The summed E-state index contributed by atoms with van der Waals surface area (Å²) in [6.45, 7) is 3.64. The van der Waals surface area contributed by atoms with E-state index in [0.29, 0.717) is 0 Å². The molecule has 0 saturated heterocycles. The van der Waals surface area contributed by atoms with E-state index < -0.39 is 10.1 Å². The predicted molar refractivity (Wildman–Crippen MR) is 91.3 cm³/mol. The van der Waals surface area contributed by atoms with E-state index in [0.717, 1.165) is 35.7 Å². The number of nitrogens with two attached hydrogens (primary N) is 1. The van der Waals surface area contributed by atoms with Gasteiger partial charge in [-0.25, -0.2) is 0 Å². The van der Waals surface area contributed by atoms with Gasteiger partial charge < -0.3 is 11.1 Å². The van der Waals surface area contributed by atoms with E-state index in [1.807, 2.05) is 31.2 Å². The average molecular weight is 333 g/mol. The van der Waals surface area contributed by atoms with Gasteiger partial charge in [-0.15, -0.1) is 0 Å². The molecule has 0 aliphatic carbocycles. The van der Waals surface area contributed by atoms with Gasteiger partial charge in [0.25, 0.3) is 10.1 Å². The Bertz CT molecular complexity index is 800. The molecule has 0 saturated carbocycles. The molecule has 0 amide bonds. The Morgan fingerprint density at radius 1 is 1.17 bits per heavy atom. The summed E-state index contributed by atoms with van der Waals surface area (Å²) in [6, 6.07) is 13.7. The fourth-order valence-corrected chi connectivity index (χ4v) is 2.47. The fraction of sp³-hybridized carbons (Fsp3) is 0.188. The number of nitrogens with one attached hydrogen (secondary N) is 1. The minimum atomic E-state index is -4.02. The SMILES string of the molecule is Cc1ccc(S(=O)(=O)O)cc1.Nc1cccc(C2=NCCN2)c1. The van der Waals surface area contributed by atoms with Gasteiger partial charge in [0.15, 0.2) is 0 Å². The average Bonchev–Trinajstić information content (AvgIpc) is 3.02. The van der Waals surface area contributed by atoms with Crippen LogP contribution in [0.4, 0.5) is 5.69 Å². The Morgan fingerprint density at radius 3 is 2.39 bits per heavy atom. The number of hydrogen-bond acceptors (Lipinski definition) is 5. The third-order valence-electron chi connectivity index (χ3n) is 3.15. The van der Waals surface area contributed by atoms with E-state index >= 15 is 0 Å². The van der Waals surface area contributed by atoms with Crippen LogP contribution in [0.2, 0.25) is 0 Å². The summed E-state index contributed by atoms with van der Waals surface area (Å²) < 4.78 is 29.6. The van der Waals surface area contributed by atoms with Crippen molar-refractivity contribution in [3.05, 3.63) is 59.7 Å². The van der Waals surface area contributed by atoms with Gasteiger partial charge >= 0.3 is 0 Å². The summed E-state index contributed by atoms with van der Waals surface area (Å²) in [7, 11) is -4.02. The molecule has 1 heterocycles. The van der Waals surface area contributed by atoms with Gasteiger partial charge in [0.05, 0.1) is 11.4 Å². The molecule has 4 N–H and O–H groups in total. The number of benzene rings is 2. The second-order valence-corrected chi connectivity index (χ2v) is 6.49. The van der Waals surface area contributed by atoms with Crippen molar-refractivity contribution in [3.8, 4) is 0 Å². The van der Waals surface area contributed by atoms with Crippen LogP contribution in [-0.2, 0) is 10.1 Å². The normalized spacial score (nSPS) is 13.6. The molecule has 122 valence electrons. The molecule has 0 atom stereocenters. The topological polar surface area (TPSA) is 105 Å². The second-order valence-electron chi connectivity index (χ2n) is 5.07. The highest BCUT2D eigenvalue weighted by molar-refractivity contribution is 7.85. The van der Waals surface area contributed by atoms with Crippen LogP contribution in [0, 0.1) is 6.92 Å². The third-order valence-corrected chi connectivity index (χ3v) is 4.02. The minimum Gasteiger partial charge on any atom is -0.399 e. The molecule has 3 rings (SSSR count). The van der Waals surface area contributed by atoms with Crippen LogP contribution in [0.25, 0.3) is 0 Å². The Hall–Kier alpha value is -2.38. The van der Waals surface area contributed by atoms with Gasteiger partial charge in [0, 0.05) is 17.8 Å². The van der Waals surface area contributed by atoms with Crippen LogP contribution >= 0.6 is 0 Å². The number of amidine groups is 1. The second kappa shape index (κ2) is 7.26. The number of aliphatic imine (C=N–C) groups is 1. The van der Waals surface area contributed by atoms with E-state index in [1.165, 1.54) is 12.1 Å². The maximum absolute atomic E-state index is 10.5. The maximum Gasteiger partial charge on any atom is 0.294 e. The van der Waals surface area contributed by atoms with Crippen molar-refractivity contribution in [2.24, 2.45) is 4.99 Å². The van der Waals surface area contributed by atoms with Crippen LogP contribution in [0.15, 0.2) is 58.4 Å². The van der Waals surface area contributed by atoms with Crippen molar-refractivity contribution in [2.75, 3.05) is 18.8 Å². The first-order chi connectivity index (χ1) is 10.9. The number of hydrogen-bond donors (Lipinski definition) is 3. The molecule has 1 aliphatic rings.